The summed E-state index contributed by atoms with van der Waals surface area (Å²) in [5, 5.41) is 7.89. The Morgan fingerprint density at radius 2 is 1.33 bits per heavy atom. The molecular formula is C34H40N4O7S. The molecule has 46 heavy (non-hydrogen) atoms. The Hall–Kier alpha value is -4.58. The number of rotatable bonds is 7. The zero-order valence-corrected chi connectivity index (χ0v) is 28.4. The van der Waals surface area contributed by atoms with Crippen molar-refractivity contribution in [1.82, 2.24) is 15.2 Å². The molecule has 0 bridgehead atoms. The quantitative estimate of drug-likeness (QED) is 0.194. The molecule has 0 radical (unpaired) electrons. The largest absolute Gasteiger partial charge is 0.443 e. The van der Waals surface area contributed by atoms with Crippen LogP contribution in [0.3, 0.4) is 0 Å². The Balaban J connectivity index is 1.89. The third kappa shape index (κ3) is 7.97. The van der Waals surface area contributed by atoms with Crippen LogP contribution in [-0.4, -0.2) is 52.2 Å². The Morgan fingerprint density at radius 3 is 1.83 bits per heavy atom. The minimum absolute atomic E-state index is 0.0185. The summed E-state index contributed by atoms with van der Waals surface area (Å²) in [4.78, 5) is 32.5. The van der Waals surface area contributed by atoms with Gasteiger partial charge in [0.05, 0.1) is 15.7 Å². The summed E-state index contributed by atoms with van der Waals surface area (Å²) in [6.07, 6.45) is 0.294. The maximum Gasteiger partial charge on any atom is 0.425 e. The lowest BCUT2D eigenvalue weighted by Crippen LogP contribution is -2.44. The highest BCUT2D eigenvalue weighted by Crippen LogP contribution is 2.36. The van der Waals surface area contributed by atoms with Crippen LogP contribution in [0.25, 0.3) is 34.0 Å². The zero-order chi connectivity index (χ0) is 34.0. The average Bonchev–Trinajstić information content (AvgIpc) is 3.46. The van der Waals surface area contributed by atoms with Crippen LogP contribution in [0.2, 0.25) is 0 Å². The molecule has 2 aromatic carbocycles. The number of imide groups is 1. The second-order valence-corrected chi connectivity index (χ2v) is 15.5. The monoisotopic (exact) mass is 648 g/mol. The number of anilines is 1. The van der Waals surface area contributed by atoms with Crippen molar-refractivity contribution in [2.75, 3.05) is 4.90 Å². The van der Waals surface area contributed by atoms with Gasteiger partial charge in [0.15, 0.2) is 15.7 Å². The fraction of sp³-hybridized carbons (Fsp3) is 0.382. The SMILES string of the molecule is CCc1ccc(-c2nnc(-c3cc(-c4ccc(S(=O)(=O)C(C)C)cc4)cnc3N(C(=O)OC(C)(C)C)C(=O)OC(C)(C)C)o2)cc1. The lowest BCUT2D eigenvalue weighted by molar-refractivity contribution is 0.0429. The molecule has 12 heteroatoms. The van der Waals surface area contributed by atoms with Gasteiger partial charge in [-0.25, -0.2) is 23.0 Å². The molecule has 0 saturated carbocycles. The average molecular weight is 649 g/mol. The Kier molecular flexibility index (Phi) is 9.72. The smallest absolute Gasteiger partial charge is 0.425 e. The van der Waals surface area contributed by atoms with E-state index in [1.165, 1.54) is 18.3 Å². The van der Waals surface area contributed by atoms with Gasteiger partial charge >= 0.3 is 12.2 Å². The molecule has 0 fully saturated rings. The molecule has 244 valence electrons. The van der Waals surface area contributed by atoms with Crippen molar-refractivity contribution in [3.8, 4) is 34.0 Å². The third-order valence-electron chi connectivity index (χ3n) is 6.63. The fourth-order valence-electron chi connectivity index (χ4n) is 4.25. The van der Waals surface area contributed by atoms with Gasteiger partial charge < -0.3 is 13.9 Å². The van der Waals surface area contributed by atoms with Gasteiger partial charge in [-0.1, -0.05) is 31.2 Å². The van der Waals surface area contributed by atoms with E-state index in [0.29, 0.717) is 21.6 Å². The number of pyridine rings is 1. The first-order valence-corrected chi connectivity index (χ1v) is 16.5. The van der Waals surface area contributed by atoms with Gasteiger partial charge in [-0.3, -0.25) is 0 Å². The first-order chi connectivity index (χ1) is 21.4. The van der Waals surface area contributed by atoms with E-state index in [2.05, 4.69) is 22.1 Å². The van der Waals surface area contributed by atoms with Gasteiger partial charge in [0.2, 0.25) is 5.89 Å². The van der Waals surface area contributed by atoms with E-state index in [4.69, 9.17) is 13.9 Å². The van der Waals surface area contributed by atoms with E-state index in [-0.39, 0.29) is 28.1 Å². The molecule has 0 aliphatic rings. The molecule has 2 aromatic heterocycles. The summed E-state index contributed by atoms with van der Waals surface area (Å²) < 4.78 is 42.6. The normalized spacial score (nSPS) is 12.2. The van der Waals surface area contributed by atoms with Crippen LogP contribution in [0.1, 0.15) is 67.9 Å². The highest BCUT2D eigenvalue weighted by Gasteiger charge is 2.36. The molecular weight excluding hydrogens is 608 g/mol. The third-order valence-corrected chi connectivity index (χ3v) is 8.80. The van der Waals surface area contributed by atoms with Crippen LogP contribution in [0.4, 0.5) is 15.4 Å². The van der Waals surface area contributed by atoms with Crippen molar-refractivity contribution >= 4 is 27.8 Å². The van der Waals surface area contributed by atoms with E-state index >= 15 is 0 Å². The minimum atomic E-state index is -3.48. The molecule has 0 saturated heterocycles. The number of aryl methyl sites for hydroxylation is 1. The number of amides is 2. The van der Waals surface area contributed by atoms with Gasteiger partial charge in [-0.15, -0.1) is 10.2 Å². The van der Waals surface area contributed by atoms with Crippen LogP contribution < -0.4 is 4.90 Å². The highest BCUT2D eigenvalue weighted by molar-refractivity contribution is 7.92. The Labute approximate surface area is 269 Å². The first-order valence-electron chi connectivity index (χ1n) is 14.9. The standard InChI is InChI=1S/C34H40N4O7S/c1-10-22-11-13-24(14-12-22)29-36-37-30(43-29)27-19-25(23-15-17-26(18-16-23)46(41,42)21(2)3)20-35-28(27)38(31(39)44-33(4,5)6)32(40)45-34(7,8)9/h11-21H,10H2,1-9H3. The zero-order valence-electron chi connectivity index (χ0n) is 27.6. The van der Waals surface area contributed by atoms with Crippen molar-refractivity contribution in [1.29, 1.82) is 0 Å². The lowest BCUT2D eigenvalue weighted by atomic mass is 10.1. The predicted octanol–water partition coefficient (Wildman–Crippen LogP) is 7.89. The van der Waals surface area contributed by atoms with Crippen molar-refractivity contribution in [3.63, 3.8) is 0 Å². The summed E-state index contributed by atoms with van der Waals surface area (Å²) in [6.45, 7) is 15.3. The van der Waals surface area contributed by atoms with Crippen LogP contribution in [0.15, 0.2) is 70.1 Å². The van der Waals surface area contributed by atoms with Gasteiger partial charge in [0.1, 0.15) is 11.2 Å². The van der Waals surface area contributed by atoms with Gasteiger partial charge in [-0.2, -0.15) is 4.90 Å². The molecule has 0 unspecified atom stereocenters. The summed E-state index contributed by atoms with van der Waals surface area (Å²) in [5.74, 6) is 0.0520. The number of hydrogen-bond donors (Lipinski definition) is 0. The maximum atomic E-state index is 13.5. The number of nitrogens with zero attached hydrogens (tertiary/aromatic N) is 4. The second-order valence-electron chi connectivity index (χ2n) is 13.0. The molecule has 0 atom stereocenters. The van der Waals surface area contributed by atoms with Crippen LogP contribution in [-0.2, 0) is 25.7 Å². The molecule has 4 aromatic rings. The molecule has 11 nitrogen and oxygen atoms in total. The van der Waals surface area contributed by atoms with Crippen LogP contribution in [0, 0.1) is 0 Å². The summed E-state index contributed by atoms with van der Waals surface area (Å²) in [5.41, 5.74) is 1.24. The number of carbonyl (C=O) groups excluding carboxylic acids is 2. The number of aromatic nitrogens is 3. The first kappa shape index (κ1) is 34.3. The summed E-state index contributed by atoms with van der Waals surface area (Å²) in [7, 11) is -3.48. The minimum Gasteiger partial charge on any atom is -0.443 e. The number of ether oxygens (including phenoxy) is 2. The number of sulfone groups is 1. The second kappa shape index (κ2) is 13.0. The molecule has 0 N–H and O–H groups in total. The molecule has 2 amide bonds. The van der Waals surface area contributed by atoms with Crippen molar-refractivity contribution in [2.45, 2.75) is 90.1 Å². The van der Waals surface area contributed by atoms with Gasteiger partial charge in [-0.05, 0) is 103 Å². The van der Waals surface area contributed by atoms with E-state index in [1.54, 1.807) is 73.6 Å². The van der Waals surface area contributed by atoms with E-state index < -0.39 is 38.5 Å². The molecule has 0 aliphatic carbocycles. The maximum absolute atomic E-state index is 13.5. The molecule has 2 heterocycles. The predicted molar refractivity (Wildman–Crippen MR) is 175 cm³/mol. The topological polar surface area (TPSA) is 142 Å². The molecule has 0 spiro atoms. The lowest BCUT2D eigenvalue weighted by Gasteiger charge is -2.28. The van der Waals surface area contributed by atoms with E-state index in [9.17, 15) is 18.0 Å². The van der Waals surface area contributed by atoms with Crippen molar-refractivity contribution in [2.24, 2.45) is 0 Å². The van der Waals surface area contributed by atoms with Gasteiger partial charge in [0, 0.05) is 17.3 Å². The van der Waals surface area contributed by atoms with Crippen LogP contribution in [0.5, 0.6) is 0 Å². The van der Waals surface area contributed by atoms with E-state index in [0.717, 1.165) is 12.0 Å². The Morgan fingerprint density at radius 1 is 0.804 bits per heavy atom. The Bertz CT molecular complexity index is 1790. The van der Waals surface area contributed by atoms with E-state index in [1.807, 2.05) is 24.3 Å². The number of hydrogen-bond acceptors (Lipinski definition) is 10. The van der Waals surface area contributed by atoms with Crippen molar-refractivity contribution in [3.05, 3.63) is 66.4 Å². The van der Waals surface area contributed by atoms with Gasteiger partial charge in [0.25, 0.3) is 5.89 Å². The van der Waals surface area contributed by atoms with Crippen LogP contribution >= 0.6 is 0 Å². The summed E-state index contributed by atoms with van der Waals surface area (Å²) >= 11 is 0. The molecule has 0 aliphatic heterocycles. The fourth-order valence-corrected chi connectivity index (χ4v) is 5.31. The number of benzene rings is 2. The van der Waals surface area contributed by atoms with Crippen molar-refractivity contribution < 1.29 is 31.9 Å². The highest BCUT2D eigenvalue weighted by atomic mass is 32.2. The molecule has 4 rings (SSSR count). The summed E-state index contributed by atoms with van der Waals surface area (Å²) in [6, 6.07) is 15.7. The number of carbonyl (C=O) groups is 2.